The summed E-state index contributed by atoms with van der Waals surface area (Å²) in [5, 5.41) is 0. The Morgan fingerprint density at radius 3 is 2.51 bits per heavy atom. The zero-order chi connectivity index (χ0) is 26.2. The van der Waals surface area contributed by atoms with E-state index in [9.17, 15) is 18.0 Å². The standard InChI is InChI=1S/C26H32F3N3O3/c1-7-14-30-20(6)35-19(5)24-17(3)10-9-11-22(24)25(33)32(8-2)18(4)16-34-23-13-12-21(15-31-23)26(27,28)29/h9-13,15,18H,5,7-8,14,16H2,1-4,6H3. The summed E-state index contributed by atoms with van der Waals surface area (Å²) in [5.74, 6) is 0.609. The molecule has 0 aliphatic carbocycles. The van der Waals surface area contributed by atoms with Crippen LogP contribution in [0.15, 0.2) is 48.1 Å². The van der Waals surface area contributed by atoms with Gasteiger partial charge in [0.2, 0.25) is 5.88 Å². The Morgan fingerprint density at radius 1 is 1.23 bits per heavy atom. The van der Waals surface area contributed by atoms with Crippen molar-refractivity contribution in [2.24, 2.45) is 4.99 Å². The largest absolute Gasteiger partial charge is 0.475 e. The second-order valence-corrected chi connectivity index (χ2v) is 8.06. The van der Waals surface area contributed by atoms with Crippen LogP contribution in [0.4, 0.5) is 13.2 Å². The molecule has 190 valence electrons. The van der Waals surface area contributed by atoms with E-state index in [1.807, 2.05) is 26.8 Å². The maximum Gasteiger partial charge on any atom is 0.417 e. The molecule has 1 aromatic heterocycles. The number of hydrogen-bond acceptors (Lipinski definition) is 5. The van der Waals surface area contributed by atoms with Gasteiger partial charge in [-0.3, -0.25) is 9.79 Å². The minimum atomic E-state index is -4.47. The van der Waals surface area contributed by atoms with E-state index in [4.69, 9.17) is 9.47 Å². The van der Waals surface area contributed by atoms with Crippen LogP contribution >= 0.6 is 0 Å². The third-order valence-electron chi connectivity index (χ3n) is 5.28. The molecule has 0 saturated carbocycles. The van der Waals surface area contributed by atoms with Gasteiger partial charge in [-0.05, 0) is 44.9 Å². The molecule has 1 atom stereocenters. The van der Waals surface area contributed by atoms with Crippen LogP contribution in [0.1, 0.15) is 61.2 Å². The van der Waals surface area contributed by atoms with E-state index in [1.165, 1.54) is 0 Å². The molecule has 6 nitrogen and oxygen atoms in total. The summed E-state index contributed by atoms with van der Waals surface area (Å²) >= 11 is 0. The highest BCUT2D eigenvalue weighted by atomic mass is 19.4. The zero-order valence-corrected chi connectivity index (χ0v) is 20.8. The fraction of sp³-hybridized carbons (Fsp3) is 0.423. The summed E-state index contributed by atoms with van der Waals surface area (Å²) in [4.78, 5) is 23.2. The molecule has 0 N–H and O–H groups in total. The third-order valence-corrected chi connectivity index (χ3v) is 5.28. The first kappa shape index (κ1) is 27.9. The molecule has 0 saturated heterocycles. The molecule has 0 spiro atoms. The number of halogens is 3. The number of likely N-dealkylation sites (N-methyl/N-ethyl adjacent to an activating group) is 1. The van der Waals surface area contributed by atoms with Crippen molar-refractivity contribution in [1.82, 2.24) is 9.88 Å². The first-order valence-electron chi connectivity index (χ1n) is 11.4. The van der Waals surface area contributed by atoms with Crippen molar-refractivity contribution in [3.8, 4) is 5.88 Å². The van der Waals surface area contributed by atoms with Crippen molar-refractivity contribution in [3.63, 3.8) is 0 Å². The number of pyridine rings is 1. The van der Waals surface area contributed by atoms with Gasteiger partial charge in [0.05, 0.1) is 17.2 Å². The Morgan fingerprint density at radius 2 is 1.94 bits per heavy atom. The number of rotatable bonds is 10. The maximum absolute atomic E-state index is 13.5. The summed E-state index contributed by atoms with van der Waals surface area (Å²) in [5.41, 5.74) is 1.00. The monoisotopic (exact) mass is 491 g/mol. The summed E-state index contributed by atoms with van der Waals surface area (Å²) in [7, 11) is 0. The van der Waals surface area contributed by atoms with E-state index in [2.05, 4.69) is 16.6 Å². The van der Waals surface area contributed by atoms with Crippen molar-refractivity contribution >= 4 is 17.6 Å². The van der Waals surface area contributed by atoms with E-state index >= 15 is 0 Å². The van der Waals surface area contributed by atoms with Gasteiger partial charge in [0, 0.05) is 37.8 Å². The molecule has 1 aromatic carbocycles. The lowest BCUT2D eigenvalue weighted by molar-refractivity contribution is -0.137. The van der Waals surface area contributed by atoms with Gasteiger partial charge in [-0.2, -0.15) is 13.2 Å². The minimum absolute atomic E-state index is 0.0493. The van der Waals surface area contributed by atoms with Gasteiger partial charge in [0.15, 0.2) is 5.90 Å². The van der Waals surface area contributed by atoms with Crippen LogP contribution in [-0.4, -0.2) is 47.4 Å². The fourth-order valence-electron chi connectivity index (χ4n) is 3.49. The van der Waals surface area contributed by atoms with Crippen LogP contribution in [0.25, 0.3) is 5.76 Å². The first-order chi connectivity index (χ1) is 16.5. The van der Waals surface area contributed by atoms with E-state index in [0.717, 1.165) is 30.3 Å². The van der Waals surface area contributed by atoms with Gasteiger partial charge < -0.3 is 14.4 Å². The molecule has 0 fully saturated rings. The van der Waals surface area contributed by atoms with Crippen LogP contribution in [0.3, 0.4) is 0 Å². The summed E-state index contributed by atoms with van der Waals surface area (Å²) in [6.07, 6.45) is -2.86. The van der Waals surface area contributed by atoms with Gasteiger partial charge >= 0.3 is 6.18 Å². The molecule has 0 bridgehead atoms. The number of amides is 1. The first-order valence-corrected chi connectivity index (χ1v) is 11.4. The number of carbonyl (C=O) groups is 1. The Bertz CT molecular complexity index is 1050. The number of nitrogens with zero attached hydrogens (tertiary/aromatic N) is 3. The predicted molar refractivity (Wildman–Crippen MR) is 130 cm³/mol. The molecule has 1 heterocycles. The number of aliphatic imine (C=N–C) groups is 1. The van der Waals surface area contributed by atoms with E-state index in [0.29, 0.717) is 35.9 Å². The average Bonchev–Trinajstić information content (AvgIpc) is 2.81. The summed E-state index contributed by atoms with van der Waals surface area (Å²) in [6.45, 7) is 14.4. The summed E-state index contributed by atoms with van der Waals surface area (Å²) in [6, 6.07) is 7.07. The quantitative estimate of drug-likeness (QED) is 0.227. The van der Waals surface area contributed by atoms with Crippen LogP contribution in [-0.2, 0) is 10.9 Å². The van der Waals surface area contributed by atoms with E-state index < -0.39 is 11.7 Å². The number of aromatic nitrogens is 1. The van der Waals surface area contributed by atoms with E-state index in [-0.39, 0.29) is 24.4 Å². The Labute approximate surface area is 204 Å². The van der Waals surface area contributed by atoms with Gasteiger partial charge in [-0.15, -0.1) is 0 Å². The lowest BCUT2D eigenvalue weighted by Gasteiger charge is -2.29. The molecule has 0 aliphatic heterocycles. The van der Waals surface area contributed by atoms with Crippen molar-refractivity contribution < 1.29 is 27.4 Å². The number of benzene rings is 1. The summed E-state index contributed by atoms with van der Waals surface area (Å²) < 4.78 is 49.6. The highest BCUT2D eigenvalue weighted by Crippen LogP contribution is 2.29. The number of hydrogen-bond donors (Lipinski definition) is 0. The molecule has 1 unspecified atom stereocenters. The van der Waals surface area contributed by atoms with Crippen LogP contribution in [0.2, 0.25) is 0 Å². The lowest BCUT2D eigenvalue weighted by atomic mass is 9.99. The molecule has 0 radical (unpaired) electrons. The Kier molecular flexibility index (Phi) is 9.86. The van der Waals surface area contributed by atoms with Crippen molar-refractivity contribution in [2.75, 3.05) is 19.7 Å². The molecule has 2 aromatic rings. The van der Waals surface area contributed by atoms with Gasteiger partial charge in [0.25, 0.3) is 5.91 Å². The molecule has 35 heavy (non-hydrogen) atoms. The van der Waals surface area contributed by atoms with Crippen LogP contribution < -0.4 is 4.74 Å². The number of carbonyl (C=O) groups excluding carboxylic acids is 1. The molecule has 9 heteroatoms. The Balaban J connectivity index is 2.18. The average molecular weight is 492 g/mol. The molecule has 1 amide bonds. The second kappa shape index (κ2) is 12.4. The minimum Gasteiger partial charge on any atom is -0.475 e. The SMILES string of the molecule is C=C(OC(C)=NCCC)c1c(C)cccc1C(=O)N(CC)C(C)COc1ccc(C(F)(F)F)cn1. The van der Waals surface area contributed by atoms with Crippen molar-refractivity contribution in [2.45, 2.75) is 53.3 Å². The van der Waals surface area contributed by atoms with Crippen molar-refractivity contribution in [1.29, 1.82) is 0 Å². The number of ether oxygens (including phenoxy) is 2. The Hall–Kier alpha value is -3.36. The van der Waals surface area contributed by atoms with E-state index in [1.54, 1.807) is 30.9 Å². The number of aryl methyl sites for hydroxylation is 1. The van der Waals surface area contributed by atoms with Crippen LogP contribution in [0.5, 0.6) is 5.88 Å². The molecular weight excluding hydrogens is 459 g/mol. The second-order valence-electron chi connectivity index (χ2n) is 8.06. The smallest absolute Gasteiger partial charge is 0.417 e. The zero-order valence-electron chi connectivity index (χ0n) is 20.8. The highest BCUT2D eigenvalue weighted by molar-refractivity contribution is 6.00. The maximum atomic E-state index is 13.5. The third kappa shape index (κ3) is 7.56. The van der Waals surface area contributed by atoms with Gasteiger partial charge in [-0.25, -0.2) is 4.98 Å². The van der Waals surface area contributed by atoms with Crippen molar-refractivity contribution in [3.05, 3.63) is 65.4 Å². The topological polar surface area (TPSA) is 64.0 Å². The van der Waals surface area contributed by atoms with Gasteiger partial charge in [0.1, 0.15) is 12.4 Å². The molecule has 2 rings (SSSR count). The molecule has 0 aliphatic rings. The lowest BCUT2D eigenvalue weighted by Crippen LogP contribution is -2.42. The van der Waals surface area contributed by atoms with Crippen LogP contribution in [0, 0.1) is 6.92 Å². The molecular formula is C26H32F3N3O3. The highest BCUT2D eigenvalue weighted by Gasteiger charge is 2.31. The fourth-order valence-corrected chi connectivity index (χ4v) is 3.49. The normalized spacial score (nSPS) is 12.7. The van der Waals surface area contributed by atoms with Gasteiger partial charge in [-0.1, -0.05) is 25.6 Å². The predicted octanol–water partition coefficient (Wildman–Crippen LogP) is 6.15. The number of alkyl halides is 3.